The summed E-state index contributed by atoms with van der Waals surface area (Å²) in [6, 6.07) is 9.42. The number of carbonyl (C=O) groups excluding carboxylic acids is 2. The van der Waals surface area contributed by atoms with Crippen LogP contribution >= 0.6 is 23.1 Å². The van der Waals surface area contributed by atoms with Gasteiger partial charge in [0.2, 0.25) is 5.91 Å². The van der Waals surface area contributed by atoms with Gasteiger partial charge in [-0.15, -0.1) is 11.3 Å². The topological polar surface area (TPSA) is 88.7 Å². The maximum atomic E-state index is 14.1. The highest BCUT2D eigenvalue weighted by Gasteiger charge is 2.27. The molecule has 1 fully saturated rings. The van der Waals surface area contributed by atoms with Crippen molar-refractivity contribution in [2.75, 3.05) is 31.9 Å². The van der Waals surface area contributed by atoms with Crippen molar-refractivity contribution >= 4 is 45.1 Å². The summed E-state index contributed by atoms with van der Waals surface area (Å²) in [4.78, 5) is 50.4. The molecule has 1 aliphatic heterocycles. The highest BCUT2D eigenvalue weighted by atomic mass is 32.2. The van der Waals surface area contributed by atoms with Crippen LogP contribution in [0.1, 0.15) is 45.0 Å². The van der Waals surface area contributed by atoms with Crippen LogP contribution in [0.4, 0.5) is 0 Å². The number of aromatic nitrogens is 2. The van der Waals surface area contributed by atoms with E-state index >= 15 is 0 Å². The number of carbonyl (C=O) groups is 2. The van der Waals surface area contributed by atoms with Gasteiger partial charge in [0.05, 0.1) is 23.1 Å². The lowest BCUT2D eigenvalue weighted by atomic mass is 9.97. The van der Waals surface area contributed by atoms with E-state index in [1.165, 1.54) is 22.9 Å². The highest BCUT2D eigenvalue weighted by Crippen LogP contribution is 2.35. The Morgan fingerprint density at radius 3 is 2.59 bits per heavy atom. The largest absolute Gasteiger partial charge is 0.459 e. The Morgan fingerprint density at radius 1 is 1.05 bits per heavy atom. The molecule has 6 rings (SSSR count). The second-order valence-corrected chi connectivity index (χ2v) is 12.2. The maximum Gasteiger partial charge on any atom is 0.289 e. The standard InChI is InChI=1S/C29H30N4O4S2/c1-18-9-10-19(2)21(16-18)33-28(36)25-20-6-3-4-8-23(20)39-26(25)30-29(33)38-17-24(34)31-11-13-32(14-12-31)27(35)22-7-5-15-37-22/h5,7,9-10,15-16H,3-4,6,8,11-14,17H2,1-2H3. The van der Waals surface area contributed by atoms with Crippen LogP contribution < -0.4 is 5.56 Å². The van der Waals surface area contributed by atoms with Crippen LogP contribution in [0.15, 0.2) is 51.0 Å². The number of thiophene rings is 1. The summed E-state index contributed by atoms with van der Waals surface area (Å²) in [5, 5.41) is 1.28. The molecular weight excluding hydrogens is 532 g/mol. The summed E-state index contributed by atoms with van der Waals surface area (Å²) >= 11 is 2.94. The van der Waals surface area contributed by atoms with Gasteiger partial charge >= 0.3 is 0 Å². The predicted octanol–water partition coefficient (Wildman–Crippen LogP) is 4.61. The highest BCUT2D eigenvalue weighted by molar-refractivity contribution is 7.99. The lowest BCUT2D eigenvalue weighted by Gasteiger charge is -2.34. The number of hydrogen-bond donors (Lipinski definition) is 0. The van der Waals surface area contributed by atoms with Crippen LogP contribution in [0.5, 0.6) is 0 Å². The van der Waals surface area contributed by atoms with Gasteiger partial charge in [0, 0.05) is 31.1 Å². The first-order chi connectivity index (χ1) is 18.9. The molecule has 4 heterocycles. The molecule has 1 saturated heterocycles. The van der Waals surface area contributed by atoms with E-state index in [2.05, 4.69) is 0 Å². The first-order valence-corrected chi connectivity index (χ1v) is 15.1. The van der Waals surface area contributed by atoms with Crippen LogP contribution in [0.3, 0.4) is 0 Å². The fourth-order valence-electron chi connectivity index (χ4n) is 5.39. The van der Waals surface area contributed by atoms with E-state index < -0.39 is 0 Å². The van der Waals surface area contributed by atoms with Crippen molar-refractivity contribution in [1.82, 2.24) is 19.4 Å². The van der Waals surface area contributed by atoms with Gasteiger partial charge < -0.3 is 14.2 Å². The van der Waals surface area contributed by atoms with Gasteiger partial charge in [0.1, 0.15) is 4.83 Å². The van der Waals surface area contributed by atoms with Crippen LogP contribution in [0.25, 0.3) is 15.9 Å². The molecule has 4 aromatic rings. The SMILES string of the molecule is Cc1ccc(C)c(-n2c(SCC(=O)N3CCN(C(=O)c4ccco4)CC3)nc3sc4c(c3c2=O)CCCC4)c1. The number of nitrogens with zero attached hydrogens (tertiary/aromatic N) is 4. The van der Waals surface area contributed by atoms with Crippen molar-refractivity contribution in [3.8, 4) is 5.69 Å². The zero-order valence-corrected chi connectivity index (χ0v) is 23.7. The summed E-state index contributed by atoms with van der Waals surface area (Å²) in [5.74, 6) is 0.291. The zero-order chi connectivity index (χ0) is 27.1. The molecule has 0 saturated carbocycles. The summed E-state index contributed by atoms with van der Waals surface area (Å²) in [7, 11) is 0. The first-order valence-electron chi connectivity index (χ1n) is 13.3. The van der Waals surface area contributed by atoms with Crippen molar-refractivity contribution in [3.63, 3.8) is 0 Å². The quantitative estimate of drug-likeness (QED) is 0.261. The van der Waals surface area contributed by atoms with Gasteiger partial charge in [-0.3, -0.25) is 19.0 Å². The molecule has 0 bridgehead atoms. The molecule has 3 aromatic heterocycles. The van der Waals surface area contributed by atoms with E-state index in [9.17, 15) is 14.4 Å². The predicted molar refractivity (Wildman–Crippen MR) is 153 cm³/mol. The maximum absolute atomic E-state index is 14.1. The third-order valence-electron chi connectivity index (χ3n) is 7.54. The van der Waals surface area contributed by atoms with E-state index in [1.807, 2.05) is 32.0 Å². The van der Waals surface area contributed by atoms with Crippen molar-refractivity contribution in [3.05, 3.63) is 74.3 Å². The minimum atomic E-state index is -0.157. The molecule has 10 heteroatoms. The zero-order valence-electron chi connectivity index (χ0n) is 22.1. The Morgan fingerprint density at radius 2 is 1.82 bits per heavy atom. The summed E-state index contributed by atoms with van der Waals surface area (Å²) in [6.07, 6.45) is 5.63. The number of fused-ring (bicyclic) bond motifs is 3. The van der Waals surface area contributed by atoms with E-state index in [-0.39, 0.29) is 23.1 Å². The van der Waals surface area contributed by atoms with Gasteiger partial charge in [-0.1, -0.05) is 23.9 Å². The molecule has 0 N–H and O–H groups in total. The van der Waals surface area contributed by atoms with Crippen LogP contribution in [0, 0.1) is 13.8 Å². The van der Waals surface area contributed by atoms with Crippen LogP contribution in [-0.2, 0) is 17.6 Å². The number of amides is 2. The third-order valence-corrected chi connectivity index (χ3v) is 9.65. The number of piperazine rings is 1. The Labute approximate surface area is 234 Å². The Hall–Kier alpha value is -3.37. The summed E-state index contributed by atoms with van der Waals surface area (Å²) in [6.45, 7) is 5.83. The fourth-order valence-corrected chi connectivity index (χ4v) is 7.60. The summed E-state index contributed by atoms with van der Waals surface area (Å²) in [5.41, 5.74) is 3.97. The van der Waals surface area contributed by atoms with Gasteiger partial charge in [0.25, 0.3) is 11.5 Å². The number of benzene rings is 1. The number of rotatable bonds is 5. The molecule has 2 amide bonds. The second kappa shape index (κ2) is 10.7. The number of thioether (sulfide) groups is 1. The Kier molecular flexibility index (Phi) is 7.07. The number of hydrogen-bond acceptors (Lipinski definition) is 7. The molecule has 39 heavy (non-hydrogen) atoms. The molecule has 0 radical (unpaired) electrons. The lowest BCUT2D eigenvalue weighted by molar-refractivity contribution is -0.129. The molecule has 1 aromatic carbocycles. The van der Waals surface area contributed by atoms with E-state index in [1.54, 1.807) is 37.8 Å². The van der Waals surface area contributed by atoms with Crippen molar-refractivity contribution in [2.24, 2.45) is 0 Å². The van der Waals surface area contributed by atoms with Gasteiger partial charge in [-0.05, 0) is 74.4 Å². The van der Waals surface area contributed by atoms with E-state index in [4.69, 9.17) is 9.40 Å². The number of furan rings is 1. The van der Waals surface area contributed by atoms with Gasteiger partial charge in [0.15, 0.2) is 10.9 Å². The smallest absolute Gasteiger partial charge is 0.289 e. The van der Waals surface area contributed by atoms with E-state index in [0.717, 1.165) is 58.3 Å². The van der Waals surface area contributed by atoms with E-state index in [0.29, 0.717) is 37.1 Å². The van der Waals surface area contributed by atoms with Gasteiger partial charge in [-0.25, -0.2) is 4.98 Å². The van der Waals surface area contributed by atoms with Crippen LogP contribution in [0.2, 0.25) is 0 Å². The average molecular weight is 563 g/mol. The molecule has 1 aliphatic carbocycles. The third kappa shape index (κ3) is 4.91. The minimum Gasteiger partial charge on any atom is -0.459 e. The first kappa shape index (κ1) is 25.9. The molecule has 8 nitrogen and oxygen atoms in total. The molecule has 0 unspecified atom stereocenters. The average Bonchev–Trinajstić information content (AvgIpc) is 3.61. The normalized spacial score (nSPS) is 15.5. The van der Waals surface area contributed by atoms with Gasteiger partial charge in [-0.2, -0.15) is 0 Å². The Balaban J connectivity index is 1.26. The monoisotopic (exact) mass is 562 g/mol. The lowest BCUT2D eigenvalue weighted by Crippen LogP contribution is -2.51. The molecule has 0 spiro atoms. The van der Waals surface area contributed by atoms with Crippen LogP contribution in [-0.4, -0.2) is 63.1 Å². The van der Waals surface area contributed by atoms with Crippen molar-refractivity contribution in [1.29, 1.82) is 0 Å². The van der Waals surface area contributed by atoms with Crippen molar-refractivity contribution < 1.29 is 14.0 Å². The number of aryl methyl sites for hydroxylation is 4. The fraction of sp³-hybridized carbons (Fsp3) is 0.379. The molecule has 202 valence electrons. The molecule has 2 aliphatic rings. The summed E-state index contributed by atoms with van der Waals surface area (Å²) < 4.78 is 6.94. The molecule has 0 atom stereocenters. The van der Waals surface area contributed by atoms with Crippen molar-refractivity contribution in [2.45, 2.75) is 44.7 Å². The second-order valence-electron chi connectivity index (χ2n) is 10.2. The Bertz CT molecular complexity index is 1610. The minimum absolute atomic E-state index is 0.0302. The molecular formula is C29H30N4O4S2.